The van der Waals surface area contributed by atoms with E-state index >= 15 is 0 Å². The van der Waals surface area contributed by atoms with E-state index in [1.165, 1.54) is 0 Å². The smallest absolute Gasteiger partial charge is 0.180 e. The highest BCUT2D eigenvalue weighted by Crippen LogP contribution is 2.37. The number of Topliss-reactive ketones (excluding diaryl/α,β-unsaturated/α-hetero) is 1. The molecule has 2 atom stereocenters. The van der Waals surface area contributed by atoms with Gasteiger partial charge in [0, 0.05) is 11.3 Å². The minimum atomic E-state index is -0.0143. The molecule has 82 valence electrons. The number of rotatable bonds is 1. The summed E-state index contributed by atoms with van der Waals surface area (Å²) in [5, 5.41) is 5.33. The van der Waals surface area contributed by atoms with E-state index in [4.69, 9.17) is 4.74 Å². The van der Waals surface area contributed by atoms with E-state index in [0.29, 0.717) is 0 Å². The monoisotopic (exact) mass is 233 g/mol. The SMILES string of the molecule is COc1ccc2c(c1)C(=O)C1SC=CC1N2. The number of nitrogens with one attached hydrogen (secondary N) is 1. The Bertz CT molecular complexity index is 484. The molecule has 2 aliphatic rings. The maximum absolute atomic E-state index is 12.2. The van der Waals surface area contributed by atoms with Crippen molar-refractivity contribution < 1.29 is 9.53 Å². The number of carbonyl (C=O) groups is 1. The molecule has 0 amide bonds. The Balaban J connectivity index is 2.06. The molecule has 4 heteroatoms. The van der Waals surface area contributed by atoms with Gasteiger partial charge in [0.1, 0.15) is 5.75 Å². The third-order valence-electron chi connectivity index (χ3n) is 2.91. The molecule has 0 saturated carbocycles. The summed E-state index contributed by atoms with van der Waals surface area (Å²) in [6.45, 7) is 0. The second-order valence-electron chi connectivity index (χ2n) is 3.83. The number of anilines is 1. The van der Waals surface area contributed by atoms with Crippen LogP contribution in [0.3, 0.4) is 0 Å². The third kappa shape index (κ3) is 1.33. The van der Waals surface area contributed by atoms with Crippen LogP contribution in [0.5, 0.6) is 5.75 Å². The van der Waals surface area contributed by atoms with E-state index in [-0.39, 0.29) is 17.1 Å². The number of ether oxygens (including phenoxy) is 1. The van der Waals surface area contributed by atoms with E-state index < -0.39 is 0 Å². The minimum Gasteiger partial charge on any atom is -0.497 e. The molecule has 2 aliphatic heterocycles. The van der Waals surface area contributed by atoms with Gasteiger partial charge in [-0.05, 0) is 23.6 Å². The van der Waals surface area contributed by atoms with Crippen LogP contribution in [0.4, 0.5) is 5.69 Å². The van der Waals surface area contributed by atoms with Crippen molar-refractivity contribution in [3.05, 3.63) is 35.2 Å². The van der Waals surface area contributed by atoms with E-state index in [1.807, 2.05) is 23.6 Å². The van der Waals surface area contributed by atoms with Crippen molar-refractivity contribution in [3.8, 4) is 5.75 Å². The Morgan fingerprint density at radius 1 is 1.44 bits per heavy atom. The maximum Gasteiger partial charge on any atom is 0.180 e. The number of benzene rings is 1. The van der Waals surface area contributed by atoms with E-state index in [0.717, 1.165) is 17.0 Å². The summed E-state index contributed by atoms with van der Waals surface area (Å²) in [4.78, 5) is 12.2. The van der Waals surface area contributed by atoms with Crippen LogP contribution in [-0.2, 0) is 0 Å². The third-order valence-corrected chi connectivity index (χ3v) is 4.02. The fourth-order valence-electron chi connectivity index (χ4n) is 2.06. The van der Waals surface area contributed by atoms with Crippen molar-refractivity contribution >= 4 is 23.2 Å². The molecule has 1 N–H and O–H groups in total. The van der Waals surface area contributed by atoms with Gasteiger partial charge >= 0.3 is 0 Å². The van der Waals surface area contributed by atoms with Crippen LogP contribution in [0.25, 0.3) is 0 Å². The number of hydrogen-bond acceptors (Lipinski definition) is 4. The molecule has 0 bridgehead atoms. The summed E-state index contributed by atoms with van der Waals surface area (Å²) in [6.07, 6.45) is 2.04. The average Bonchev–Trinajstić information content (AvgIpc) is 2.77. The molecule has 1 aromatic rings. The zero-order valence-corrected chi connectivity index (χ0v) is 9.58. The van der Waals surface area contributed by atoms with Gasteiger partial charge in [0.15, 0.2) is 5.78 Å². The van der Waals surface area contributed by atoms with Crippen molar-refractivity contribution in [3.63, 3.8) is 0 Å². The van der Waals surface area contributed by atoms with Crippen molar-refractivity contribution in [2.75, 3.05) is 12.4 Å². The normalized spacial score (nSPS) is 25.9. The number of carbonyl (C=O) groups excluding carboxylic acids is 1. The number of hydrogen-bond donors (Lipinski definition) is 1. The van der Waals surface area contributed by atoms with Crippen LogP contribution in [0, 0.1) is 0 Å². The zero-order chi connectivity index (χ0) is 11.1. The lowest BCUT2D eigenvalue weighted by Gasteiger charge is -2.27. The summed E-state index contributed by atoms with van der Waals surface area (Å²) in [6, 6.07) is 5.71. The highest BCUT2D eigenvalue weighted by Gasteiger charge is 2.36. The highest BCUT2D eigenvalue weighted by atomic mass is 32.2. The molecule has 16 heavy (non-hydrogen) atoms. The first-order valence-corrected chi connectivity index (χ1v) is 6.05. The van der Waals surface area contributed by atoms with Crippen molar-refractivity contribution in [1.82, 2.24) is 0 Å². The van der Waals surface area contributed by atoms with Crippen molar-refractivity contribution in [2.45, 2.75) is 11.3 Å². The lowest BCUT2D eigenvalue weighted by molar-refractivity contribution is 0.0984. The van der Waals surface area contributed by atoms with Gasteiger partial charge in [-0.1, -0.05) is 6.08 Å². The molecule has 1 aromatic carbocycles. The number of ketones is 1. The highest BCUT2D eigenvalue weighted by molar-refractivity contribution is 8.03. The topological polar surface area (TPSA) is 38.3 Å². The Kier molecular flexibility index (Phi) is 2.17. The summed E-state index contributed by atoms with van der Waals surface area (Å²) in [5.74, 6) is 0.913. The van der Waals surface area contributed by atoms with Crippen LogP contribution in [0.1, 0.15) is 10.4 Å². The summed E-state index contributed by atoms with van der Waals surface area (Å²) < 4.78 is 5.14. The van der Waals surface area contributed by atoms with Gasteiger partial charge in [-0.3, -0.25) is 4.79 Å². The first-order valence-electron chi connectivity index (χ1n) is 5.10. The Labute approximate surface area is 97.9 Å². The van der Waals surface area contributed by atoms with Gasteiger partial charge in [0.2, 0.25) is 0 Å². The molecule has 0 spiro atoms. The van der Waals surface area contributed by atoms with E-state index in [1.54, 1.807) is 24.9 Å². The Morgan fingerprint density at radius 2 is 2.31 bits per heavy atom. The largest absolute Gasteiger partial charge is 0.497 e. The van der Waals surface area contributed by atoms with Gasteiger partial charge < -0.3 is 10.1 Å². The zero-order valence-electron chi connectivity index (χ0n) is 8.77. The summed E-state index contributed by atoms with van der Waals surface area (Å²) in [7, 11) is 1.61. The van der Waals surface area contributed by atoms with Crippen molar-refractivity contribution in [1.29, 1.82) is 0 Å². The second-order valence-corrected chi connectivity index (χ2v) is 4.88. The molecule has 3 rings (SSSR count). The molecular formula is C12H11NO2S. The maximum atomic E-state index is 12.2. The van der Waals surface area contributed by atoms with Gasteiger partial charge in [0.25, 0.3) is 0 Å². The fourth-order valence-corrected chi connectivity index (χ4v) is 3.07. The molecule has 2 unspecified atom stereocenters. The van der Waals surface area contributed by atoms with Gasteiger partial charge in [-0.15, -0.1) is 11.8 Å². The second kappa shape index (κ2) is 3.56. The molecule has 3 nitrogen and oxygen atoms in total. The molecule has 0 aliphatic carbocycles. The van der Waals surface area contributed by atoms with Crippen molar-refractivity contribution in [2.24, 2.45) is 0 Å². The number of fused-ring (bicyclic) bond motifs is 2. The molecule has 0 radical (unpaired) electrons. The van der Waals surface area contributed by atoms with Gasteiger partial charge in [0.05, 0.1) is 18.4 Å². The average molecular weight is 233 g/mol. The van der Waals surface area contributed by atoms with Crippen LogP contribution in [-0.4, -0.2) is 24.2 Å². The first kappa shape index (κ1) is 9.78. The van der Waals surface area contributed by atoms with E-state index in [9.17, 15) is 4.79 Å². The first-order chi connectivity index (χ1) is 7.79. The lowest BCUT2D eigenvalue weighted by atomic mass is 9.96. The fraction of sp³-hybridized carbons (Fsp3) is 0.250. The quantitative estimate of drug-likeness (QED) is 0.807. The number of methoxy groups -OCH3 is 1. The minimum absolute atomic E-state index is 0.0143. The summed E-state index contributed by atoms with van der Waals surface area (Å²) >= 11 is 1.58. The number of thioether (sulfide) groups is 1. The van der Waals surface area contributed by atoms with Gasteiger partial charge in [-0.25, -0.2) is 0 Å². The van der Waals surface area contributed by atoms with Crippen LogP contribution in [0.15, 0.2) is 29.7 Å². The molecule has 2 heterocycles. The Hall–Kier alpha value is -1.42. The van der Waals surface area contributed by atoms with Crippen LogP contribution >= 0.6 is 11.8 Å². The lowest BCUT2D eigenvalue weighted by Crippen LogP contribution is -2.38. The van der Waals surface area contributed by atoms with Gasteiger partial charge in [-0.2, -0.15) is 0 Å². The standard InChI is InChI=1S/C12H11NO2S/c1-15-7-2-3-9-8(6-7)11(14)12-10(13-9)4-5-16-12/h2-6,10,12-13H,1H3. The summed E-state index contributed by atoms with van der Waals surface area (Å²) in [5.41, 5.74) is 1.64. The molecule has 0 aromatic heterocycles. The van der Waals surface area contributed by atoms with Crippen LogP contribution in [0.2, 0.25) is 0 Å². The molecular weight excluding hydrogens is 222 g/mol. The Morgan fingerprint density at radius 3 is 3.12 bits per heavy atom. The molecule has 0 fully saturated rings. The predicted octanol–water partition coefficient (Wildman–Crippen LogP) is 2.30. The van der Waals surface area contributed by atoms with E-state index in [2.05, 4.69) is 5.32 Å². The van der Waals surface area contributed by atoms with Crippen LogP contribution < -0.4 is 10.1 Å². The predicted molar refractivity (Wildman–Crippen MR) is 65.3 cm³/mol. The molecule has 0 saturated heterocycles.